The summed E-state index contributed by atoms with van der Waals surface area (Å²) in [4.78, 5) is 11.1. The van der Waals surface area contributed by atoms with E-state index in [1.807, 2.05) is 14.1 Å². The number of likely N-dealkylation sites (N-methyl/N-ethyl adjacent to an activating group) is 1. The van der Waals surface area contributed by atoms with Crippen LogP contribution in [0.2, 0.25) is 0 Å². The topological polar surface area (TPSA) is 92.7 Å². The first-order valence-electron chi connectivity index (χ1n) is 6.69. The molecular weight excluding hydrogens is 298 g/mol. The third-order valence-electron chi connectivity index (χ3n) is 2.81. The van der Waals surface area contributed by atoms with Crippen LogP contribution in [-0.2, 0) is 24.4 Å². The van der Waals surface area contributed by atoms with Crippen LogP contribution in [0.5, 0.6) is 0 Å². The molecule has 0 aromatic heterocycles. The summed E-state index contributed by atoms with van der Waals surface area (Å²) in [5.41, 5.74) is 0.348. The molecule has 0 radical (unpaired) electrons. The van der Waals surface area contributed by atoms with Crippen LogP contribution in [0.4, 0.5) is 0 Å². The van der Waals surface area contributed by atoms with E-state index in [1.165, 1.54) is 0 Å². The minimum atomic E-state index is -4.14. The first-order valence-corrected chi connectivity index (χ1v) is 8.27. The normalized spacial score (nSPS) is 12.2. The maximum atomic E-state index is 11.1. The number of esters is 1. The van der Waals surface area contributed by atoms with Crippen LogP contribution in [-0.4, -0.2) is 76.2 Å². The summed E-state index contributed by atoms with van der Waals surface area (Å²) in [5, 5.41) is 0. The second-order valence-corrected chi connectivity index (χ2v) is 7.05. The van der Waals surface area contributed by atoms with Crippen LogP contribution in [0.3, 0.4) is 0 Å². The van der Waals surface area contributed by atoms with Crippen molar-refractivity contribution < 1.29 is 31.7 Å². The van der Waals surface area contributed by atoms with E-state index in [4.69, 9.17) is 9.47 Å². The Morgan fingerprint density at radius 2 is 1.81 bits per heavy atom. The third kappa shape index (κ3) is 12.5. The largest absolute Gasteiger partial charge is 0.748 e. The van der Waals surface area contributed by atoms with Crippen LogP contribution < -0.4 is 0 Å². The molecule has 8 heteroatoms. The Bertz CT molecular complexity index is 444. The molecule has 0 aliphatic heterocycles. The van der Waals surface area contributed by atoms with Crippen molar-refractivity contribution in [3.63, 3.8) is 0 Å². The Hall–Kier alpha value is -0.960. The number of nitrogens with zero attached hydrogens (tertiary/aromatic N) is 1. The molecule has 0 heterocycles. The summed E-state index contributed by atoms with van der Waals surface area (Å²) in [7, 11) is -0.276. The highest BCUT2D eigenvalue weighted by atomic mass is 32.2. The highest BCUT2D eigenvalue weighted by Gasteiger charge is 2.15. The van der Waals surface area contributed by atoms with Gasteiger partial charge >= 0.3 is 5.97 Å². The van der Waals surface area contributed by atoms with Crippen molar-refractivity contribution in [2.24, 2.45) is 0 Å². The fourth-order valence-electron chi connectivity index (χ4n) is 1.51. The standard InChI is InChI=1S/C13H25NO6S/c1-12(2)13(15)20-10-9-19-8-7-14(3,4)6-5-11-21(16,17)18/h1,5-11H2,2-4H3. The first kappa shape index (κ1) is 20.0. The van der Waals surface area contributed by atoms with E-state index in [0.29, 0.717) is 42.8 Å². The lowest BCUT2D eigenvalue weighted by Gasteiger charge is -2.29. The summed E-state index contributed by atoms with van der Waals surface area (Å²) in [5.74, 6) is -0.777. The molecule has 0 amide bonds. The maximum Gasteiger partial charge on any atom is 0.333 e. The van der Waals surface area contributed by atoms with Gasteiger partial charge in [0.05, 0.1) is 44.0 Å². The quantitative estimate of drug-likeness (QED) is 0.176. The zero-order valence-corrected chi connectivity index (χ0v) is 13.8. The van der Waals surface area contributed by atoms with Crippen molar-refractivity contribution in [3.8, 4) is 0 Å². The SMILES string of the molecule is C=C(C)C(=O)OCCOCC[N+](C)(C)CCCS(=O)(=O)[O-]. The van der Waals surface area contributed by atoms with Gasteiger partial charge in [0.15, 0.2) is 0 Å². The smallest absolute Gasteiger partial charge is 0.333 e. The molecule has 0 bridgehead atoms. The molecule has 7 nitrogen and oxygen atoms in total. The molecule has 0 saturated heterocycles. The van der Waals surface area contributed by atoms with Gasteiger partial charge < -0.3 is 18.5 Å². The Morgan fingerprint density at radius 1 is 1.19 bits per heavy atom. The molecule has 0 aromatic carbocycles. The molecule has 0 N–H and O–H groups in total. The summed E-state index contributed by atoms with van der Waals surface area (Å²) in [6, 6.07) is 0. The van der Waals surface area contributed by atoms with Crippen molar-refractivity contribution in [2.75, 3.05) is 52.8 Å². The lowest BCUT2D eigenvalue weighted by Crippen LogP contribution is -2.43. The predicted molar refractivity (Wildman–Crippen MR) is 77.6 cm³/mol. The van der Waals surface area contributed by atoms with Gasteiger partial charge in [0, 0.05) is 17.7 Å². The highest BCUT2D eigenvalue weighted by molar-refractivity contribution is 7.85. The average molecular weight is 323 g/mol. The second kappa shape index (κ2) is 9.14. The second-order valence-electron chi connectivity index (χ2n) is 5.53. The molecule has 0 spiro atoms. The van der Waals surface area contributed by atoms with Crippen molar-refractivity contribution in [3.05, 3.63) is 12.2 Å². The molecule has 0 fully saturated rings. The summed E-state index contributed by atoms with van der Waals surface area (Å²) >= 11 is 0. The molecule has 21 heavy (non-hydrogen) atoms. The number of rotatable bonds is 11. The van der Waals surface area contributed by atoms with Crippen molar-refractivity contribution in [2.45, 2.75) is 13.3 Å². The van der Waals surface area contributed by atoms with Gasteiger partial charge in [-0.15, -0.1) is 0 Å². The van der Waals surface area contributed by atoms with Crippen LogP contribution in [0.25, 0.3) is 0 Å². The molecule has 0 aromatic rings. The molecular formula is C13H25NO6S. The van der Waals surface area contributed by atoms with Crippen molar-refractivity contribution >= 4 is 16.1 Å². The van der Waals surface area contributed by atoms with Gasteiger partial charge in [-0.1, -0.05) is 6.58 Å². The Kier molecular flexibility index (Phi) is 8.72. The third-order valence-corrected chi connectivity index (χ3v) is 3.60. The molecule has 0 saturated carbocycles. The first-order chi connectivity index (χ1) is 9.53. The fourth-order valence-corrected chi connectivity index (χ4v) is 1.99. The summed E-state index contributed by atoms with van der Waals surface area (Å²) in [6.45, 7) is 7.23. The van der Waals surface area contributed by atoms with Gasteiger partial charge in [0.25, 0.3) is 0 Å². The van der Waals surface area contributed by atoms with E-state index in [1.54, 1.807) is 6.92 Å². The van der Waals surface area contributed by atoms with E-state index >= 15 is 0 Å². The average Bonchev–Trinajstić information content (AvgIpc) is 2.30. The van der Waals surface area contributed by atoms with Crippen LogP contribution in [0, 0.1) is 0 Å². The molecule has 0 rings (SSSR count). The number of ether oxygens (including phenoxy) is 2. The number of hydrogen-bond donors (Lipinski definition) is 0. The maximum absolute atomic E-state index is 11.1. The van der Waals surface area contributed by atoms with Gasteiger partial charge in [-0.25, -0.2) is 13.2 Å². The zero-order valence-electron chi connectivity index (χ0n) is 13.0. The highest BCUT2D eigenvalue weighted by Crippen LogP contribution is 2.01. The van der Waals surface area contributed by atoms with Crippen LogP contribution >= 0.6 is 0 Å². The summed E-state index contributed by atoms with van der Waals surface area (Å²) < 4.78 is 42.3. The van der Waals surface area contributed by atoms with Gasteiger partial charge in [-0.3, -0.25) is 0 Å². The van der Waals surface area contributed by atoms with E-state index in [0.717, 1.165) is 0 Å². The number of quaternary nitrogens is 1. The molecule has 0 aliphatic carbocycles. The minimum absolute atomic E-state index is 0.174. The van der Waals surface area contributed by atoms with Crippen molar-refractivity contribution in [1.82, 2.24) is 0 Å². The lowest BCUT2D eigenvalue weighted by atomic mass is 10.3. The Balaban J connectivity index is 3.70. The van der Waals surface area contributed by atoms with Crippen LogP contribution in [0.1, 0.15) is 13.3 Å². The molecule has 124 valence electrons. The van der Waals surface area contributed by atoms with Gasteiger partial charge in [-0.05, 0) is 6.92 Å². The zero-order chi connectivity index (χ0) is 16.5. The Labute approximate surface area is 126 Å². The Morgan fingerprint density at radius 3 is 2.33 bits per heavy atom. The van der Waals surface area contributed by atoms with Gasteiger partial charge in [-0.2, -0.15) is 0 Å². The van der Waals surface area contributed by atoms with E-state index in [9.17, 15) is 17.8 Å². The van der Waals surface area contributed by atoms with Crippen molar-refractivity contribution in [1.29, 1.82) is 0 Å². The number of carbonyl (C=O) groups is 1. The van der Waals surface area contributed by atoms with E-state index in [2.05, 4.69) is 6.58 Å². The minimum Gasteiger partial charge on any atom is -0.748 e. The lowest BCUT2D eigenvalue weighted by molar-refractivity contribution is -0.890. The molecule has 0 atom stereocenters. The fraction of sp³-hybridized carbons (Fsp3) is 0.769. The van der Waals surface area contributed by atoms with E-state index < -0.39 is 16.1 Å². The van der Waals surface area contributed by atoms with Gasteiger partial charge in [0.2, 0.25) is 0 Å². The number of carbonyl (C=O) groups excluding carboxylic acids is 1. The monoisotopic (exact) mass is 323 g/mol. The van der Waals surface area contributed by atoms with Gasteiger partial charge in [0.1, 0.15) is 13.2 Å². The van der Waals surface area contributed by atoms with Crippen LogP contribution in [0.15, 0.2) is 12.2 Å². The van der Waals surface area contributed by atoms with E-state index in [-0.39, 0.29) is 12.4 Å². The summed E-state index contributed by atoms with van der Waals surface area (Å²) in [6.07, 6.45) is 0.328. The molecule has 0 aliphatic rings. The number of hydrogen-bond acceptors (Lipinski definition) is 6. The predicted octanol–water partition coefficient (Wildman–Crippen LogP) is 0.134. The molecule has 0 unspecified atom stereocenters.